The maximum Gasteiger partial charge on any atom is 0.223 e. The second-order valence-electron chi connectivity index (χ2n) is 5.75. The van der Waals surface area contributed by atoms with E-state index < -0.39 is 0 Å². The number of hydrogen-bond donors (Lipinski definition) is 1. The third-order valence-electron chi connectivity index (χ3n) is 4.46. The van der Waals surface area contributed by atoms with E-state index in [0.717, 1.165) is 37.7 Å². The van der Waals surface area contributed by atoms with Gasteiger partial charge in [0.15, 0.2) is 11.5 Å². The van der Waals surface area contributed by atoms with E-state index in [1.165, 1.54) is 5.56 Å². The Hall–Kier alpha value is -1.79. The Balaban J connectivity index is 1.99. The highest BCUT2D eigenvalue weighted by atomic mass is 16.5. The van der Waals surface area contributed by atoms with Crippen LogP contribution < -0.4 is 15.2 Å². The van der Waals surface area contributed by atoms with Gasteiger partial charge in [0.05, 0.1) is 14.2 Å². The van der Waals surface area contributed by atoms with E-state index in [0.29, 0.717) is 13.0 Å². The Kier molecular flexibility index (Phi) is 6.24. The summed E-state index contributed by atoms with van der Waals surface area (Å²) in [7, 11) is 3.28. The van der Waals surface area contributed by atoms with Crippen molar-refractivity contribution in [2.75, 3.05) is 46.9 Å². The van der Waals surface area contributed by atoms with Gasteiger partial charge in [0, 0.05) is 45.2 Å². The third-order valence-corrected chi connectivity index (χ3v) is 4.46. The highest BCUT2D eigenvalue weighted by Gasteiger charge is 2.24. The molecule has 1 fully saturated rings. The molecule has 1 unspecified atom stereocenters. The lowest BCUT2D eigenvalue weighted by Gasteiger charge is -2.38. The Labute approximate surface area is 138 Å². The summed E-state index contributed by atoms with van der Waals surface area (Å²) in [6, 6.07) is 6.29. The molecule has 0 bridgehead atoms. The zero-order valence-corrected chi connectivity index (χ0v) is 14.2. The number of piperazine rings is 1. The maximum atomic E-state index is 11.9. The number of benzene rings is 1. The van der Waals surface area contributed by atoms with Crippen LogP contribution in [0.25, 0.3) is 0 Å². The number of methoxy groups -OCH3 is 2. The summed E-state index contributed by atoms with van der Waals surface area (Å²) in [4.78, 5) is 16.2. The van der Waals surface area contributed by atoms with Crippen molar-refractivity contribution in [3.63, 3.8) is 0 Å². The summed E-state index contributed by atoms with van der Waals surface area (Å²) in [5.74, 6) is 1.64. The van der Waals surface area contributed by atoms with Gasteiger partial charge in [-0.05, 0) is 24.6 Å². The molecule has 0 aliphatic carbocycles. The van der Waals surface area contributed by atoms with Crippen molar-refractivity contribution in [3.05, 3.63) is 23.8 Å². The van der Waals surface area contributed by atoms with E-state index >= 15 is 0 Å². The minimum Gasteiger partial charge on any atom is -0.493 e. The lowest BCUT2D eigenvalue weighted by atomic mass is 10.1. The fourth-order valence-electron chi connectivity index (χ4n) is 2.96. The van der Waals surface area contributed by atoms with E-state index in [4.69, 9.17) is 15.2 Å². The van der Waals surface area contributed by atoms with Gasteiger partial charge in [0.1, 0.15) is 0 Å². The molecule has 6 heteroatoms. The number of nitrogens with zero attached hydrogens (tertiary/aromatic N) is 2. The van der Waals surface area contributed by atoms with E-state index in [-0.39, 0.29) is 11.9 Å². The molecule has 1 aromatic rings. The van der Waals surface area contributed by atoms with Gasteiger partial charge in [0.2, 0.25) is 5.91 Å². The topological polar surface area (TPSA) is 68.0 Å². The van der Waals surface area contributed by atoms with Crippen LogP contribution in [0.1, 0.15) is 24.9 Å². The summed E-state index contributed by atoms with van der Waals surface area (Å²) >= 11 is 0. The molecule has 1 heterocycles. The highest BCUT2D eigenvalue weighted by Crippen LogP contribution is 2.32. The summed E-state index contributed by atoms with van der Waals surface area (Å²) < 4.78 is 10.7. The molecule has 0 radical (unpaired) electrons. The van der Waals surface area contributed by atoms with Crippen molar-refractivity contribution in [2.45, 2.75) is 19.4 Å². The predicted octanol–water partition coefficient (Wildman–Crippen LogP) is 1.26. The first-order valence-corrected chi connectivity index (χ1v) is 8.04. The van der Waals surface area contributed by atoms with Gasteiger partial charge in [-0.25, -0.2) is 0 Å². The molecule has 1 aliphatic heterocycles. The minimum absolute atomic E-state index is 0.158. The molecule has 2 N–H and O–H groups in total. The quantitative estimate of drug-likeness (QED) is 0.854. The zero-order chi connectivity index (χ0) is 16.8. The molecule has 0 spiro atoms. The molecule has 128 valence electrons. The molecule has 2 rings (SSSR count). The van der Waals surface area contributed by atoms with Crippen molar-refractivity contribution in [1.82, 2.24) is 9.80 Å². The monoisotopic (exact) mass is 321 g/mol. The van der Waals surface area contributed by atoms with Crippen LogP contribution in [0.15, 0.2) is 18.2 Å². The number of ether oxygens (including phenoxy) is 2. The van der Waals surface area contributed by atoms with Gasteiger partial charge in [-0.2, -0.15) is 0 Å². The lowest BCUT2D eigenvalue weighted by Crippen LogP contribution is -2.49. The normalized spacial score (nSPS) is 17.0. The van der Waals surface area contributed by atoms with Gasteiger partial charge in [-0.15, -0.1) is 0 Å². The van der Waals surface area contributed by atoms with E-state index in [2.05, 4.69) is 17.9 Å². The fraction of sp³-hybridized carbons (Fsp3) is 0.588. The Morgan fingerprint density at radius 1 is 1.17 bits per heavy atom. The molecule has 6 nitrogen and oxygen atoms in total. The first kappa shape index (κ1) is 17.6. The number of nitrogens with two attached hydrogens (primary N) is 1. The molecule has 1 amide bonds. The summed E-state index contributed by atoms with van der Waals surface area (Å²) in [6.07, 6.45) is 0.436. The number of hydrogen-bond acceptors (Lipinski definition) is 5. The standard InChI is InChI=1S/C17H27N3O3/c1-13(14-4-5-15(22-2)16(12-14)23-3)19-8-10-20(11-9-19)17(21)6-7-18/h4-5,12-13H,6-11,18H2,1-3H3. The number of carbonyl (C=O) groups is 1. The van der Waals surface area contributed by atoms with Gasteiger partial charge in [-0.1, -0.05) is 6.07 Å². The first-order valence-electron chi connectivity index (χ1n) is 8.04. The Bertz CT molecular complexity index is 528. The van der Waals surface area contributed by atoms with E-state index in [1.807, 2.05) is 17.0 Å². The van der Waals surface area contributed by atoms with Crippen LogP contribution in [-0.2, 0) is 4.79 Å². The second kappa shape index (κ2) is 8.17. The minimum atomic E-state index is 0.158. The number of rotatable bonds is 6. The van der Waals surface area contributed by atoms with Gasteiger partial charge in [0.25, 0.3) is 0 Å². The van der Waals surface area contributed by atoms with Crippen LogP contribution in [-0.4, -0.2) is 62.7 Å². The molecule has 1 aromatic carbocycles. The van der Waals surface area contributed by atoms with Crippen LogP contribution in [0.5, 0.6) is 11.5 Å². The lowest BCUT2D eigenvalue weighted by molar-refractivity contribution is -0.133. The van der Waals surface area contributed by atoms with Crippen LogP contribution in [0.3, 0.4) is 0 Å². The smallest absolute Gasteiger partial charge is 0.223 e. The maximum absolute atomic E-state index is 11.9. The van der Waals surface area contributed by atoms with E-state index in [1.54, 1.807) is 14.2 Å². The van der Waals surface area contributed by atoms with Crippen molar-refractivity contribution >= 4 is 5.91 Å². The molecular formula is C17H27N3O3. The molecule has 1 saturated heterocycles. The third kappa shape index (κ3) is 4.14. The Morgan fingerprint density at radius 2 is 1.83 bits per heavy atom. The van der Waals surface area contributed by atoms with Crippen molar-refractivity contribution < 1.29 is 14.3 Å². The number of amides is 1. The fourth-order valence-corrected chi connectivity index (χ4v) is 2.96. The van der Waals surface area contributed by atoms with Gasteiger partial charge in [-0.3, -0.25) is 9.69 Å². The first-order chi connectivity index (χ1) is 11.1. The molecule has 23 heavy (non-hydrogen) atoms. The van der Waals surface area contributed by atoms with Crippen LogP contribution >= 0.6 is 0 Å². The summed E-state index contributed by atoms with van der Waals surface area (Å²) in [6.45, 7) is 5.85. The average molecular weight is 321 g/mol. The van der Waals surface area contributed by atoms with Crippen LogP contribution in [0, 0.1) is 0 Å². The van der Waals surface area contributed by atoms with Crippen molar-refractivity contribution in [1.29, 1.82) is 0 Å². The Morgan fingerprint density at radius 3 is 2.39 bits per heavy atom. The second-order valence-corrected chi connectivity index (χ2v) is 5.75. The number of carbonyl (C=O) groups excluding carboxylic acids is 1. The zero-order valence-electron chi connectivity index (χ0n) is 14.2. The molecule has 1 atom stereocenters. The predicted molar refractivity (Wildman–Crippen MR) is 89.8 cm³/mol. The van der Waals surface area contributed by atoms with E-state index in [9.17, 15) is 4.79 Å². The molecule has 1 aliphatic rings. The van der Waals surface area contributed by atoms with Crippen molar-refractivity contribution in [2.24, 2.45) is 5.73 Å². The average Bonchev–Trinajstić information content (AvgIpc) is 2.60. The van der Waals surface area contributed by atoms with Crippen LogP contribution in [0.2, 0.25) is 0 Å². The van der Waals surface area contributed by atoms with Gasteiger partial charge < -0.3 is 20.1 Å². The largest absolute Gasteiger partial charge is 0.493 e. The van der Waals surface area contributed by atoms with Crippen LogP contribution in [0.4, 0.5) is 0 Å². The van der Waals surface area contributed by atoms with Crippen molar-refractivity contribution in [3.8, 4) is 11.5 Å². The summed E-state index contributed by atoms with van der Waals surface area (Å²) in [5, 5.41) is 0. The van der Waals surface area contributed by atoms with Gasteiger partial charge >= 0.3 is 0 Å². The molecule has 0 saturated carbocycles. The molecular weight excluding hydrogens is 294 g/mol. The molecule has 0 aromatic heterocycles. The highest BCUT2D eigenvalue weighted by molar-refractivity contribution is 5.76. The SMILES string of the molecule is COc1ccc(C(C)N2CCN(C(=O)CCN)CC2)cc1OC. The summed E-state index contributed by atoms with van der Waals surface area (Å²) in [5.41, 5.74) is 6.64.